The lowest BCUT2D eigenvalue weighted by Crippen LogP contribution is -1.92. The molecule has 0 aliphatic carbocycles. The Morgan fingerprint density at radius 3 is 2.50 bits per heavy atom. The molecule has 2 aromatic carbocycles. The van der Waals surface area contributed by atoms with Crippen LogP contribution in [0.5, 0.6) is 5.75 Å². The van der Waals surface area contributed by atoms with E-state index in [4.69, 9.17) is 11.6 Å². The van der Waals surface area contributed by atoms with Gasteiger partial charge in [0.25, 0.3) is 5.24 Å². The molecule has 0 fully saturated rings. The van der Waals surface area contributed by atoms with Crippen molar-refractivity contribution in [1.29, 1.82) is 0 Å². The summed E-state index contributed by atoms with van der Waals surface area (Å²) in [6.45, 7) is 0. The quantitative estimate of drug-likeness (QED) is 0.843. The van der Waals surface area contributed by atoms with Crippen LogP contribution in [0.4, 0.5) is 8.78 Å². The van der Waals surface area contributed by atoms with Crippen molar-refractivity contribution in [3.05, 3.63) is 53.6 Å². The second-order valence-corrected chi connectivity index (χ2v) is 3.95. The molecule has 0 atom stereocenters. The summed E-state index contributed by atoms with van der Waals surface area (Å²) in [5, 5.41) is 8.74. The first kappa shape index (κ1) is 12.5. The lowest BCUT2D eigenvalue weighted by atomic mass is 10.0. The minimum absolute atomic E-state index is 0.00104. The number of halogens is 3. The third-order valence-corrected chi connectivity index (χ3v) is 2.68. The van der Waals surface area contributed by atoms with Crippen LogP contribution in [0.15, 0.2) is 36.4 Å². The largest absolute Gasteiger partial charge is 0.507 e. The number of rotatable bonds is 2. The second-order valence-electron chi connectivity index (χ2n) is 3.61. The molecule has 0 unspecified atom stereocenters. The molecule has 92 valence electrons. The van der Waals surface area contributed by atoms with Crippen molar-refractivity contribution in [2.24, 2.45) is 0 Å². The Bertz CT molecular complexity index is 626. The molecule has 1 N–H and O–H groups in total. The minimum atomic E-state index is -1.01. The summed E-state index contributed by atoms with van der Waals surface area (Å²) in [7, 11) is 0. The van der Waals surface area contributed by atoms with E-state index in [9.17, 15) is 18.7 Å². The van der Waals surface area contributed by atoms with Gasteiger partial charge < -0.3 is 5.11 Å². The predicted octanol–water partition coefficient (Wildman–Crippen LogP) is 3.72. The Balaban J connectivity index is 2.56. The van der Waals surface area contributed by atoms with Crippen LogP contribution in [0.1, 0.15) is 10.4 Å². The molecule has 0 amide bonds. The lowest BCUT2D eigenvalue weighted by molar-refractivity contribution is 0.107. The zero-order valence-electron chi connectivity index (χ0n) is 8.95. The van der Waals surface area contributed by atoms with E-state index in [1.165, 1.54) is 24.3 Å². The molecule has 0 heterocycles. The molecule has 0 saturated heterocycles. The van der Waals surface area contributed by atoms with Gasteiger partial charge in [0.2, 0.25) is 0 Å². The zero-order valence-corrected chi connectivity index (χ0v) is 9.71. The Kier molecular flexibility index (Phi) is 3.30. The summed E-state index contributed by atoms with van der Waals surface area (Å²) in [5.74, 6) is -2.37. The van der Waals surface area contributed by atoms with Crippen LogP contribution >= 0.6 is 11.6 Å². The molecule has 0 radical (unpaired) electrons. The van der Waals surface area contributed by atoms with E-state index in [2.05, 4.69) is 0 Å². The summed E-state index contributed by atoms with van der Waals surface area (Å²) in [5.41, 5.74) is 0.169. The average Bonchev–Trinajstić information content (AvgIpc) is 2.32. The van der Waals surface area contributed by atoms with Gasteiger partial charge >= 0.3 is 0 Å². The Morgan fingerprint density at radius 1 is 1.17 bits per heavy atom. The Labute approximate surface area is 106 Å². The third kappa shape index (κ3) is 2.19. The monoisotopic (exact) mass is 268 g/mol. The Morgan fingerprint density at radius 2 is 1.89 bits per heavy atom. The maximum atomic E-state index is 13.5. The van der Waals surface area contributed by atoms with Crippen molar-refractivity contribution in [3.8, 4) is 16.9 Å². The molecule has 0 aliphatic heterocycles. The second kappa shape index (κ2) is 4.74. The van der Waals surface area contributed by atoms with Crippen molar-refractivity contribution >= 4 is 16.8 Å². The van der Waals surface area contributed by atoms with Gasteiger partial charge in [-0.25, -0.2) is 8.78 Å². The van der Waals surface area contributed by atoms with Gasteiger partial charge in [-0.2, -0.15) is 0 Å². The number of hydrogen-bond donors (Lipinski definition) is 1. The van der Waals surface area contributed by atoms with Gasteiger partial charge in [-0.05, 0) is 35.4 Å². The van der Waals surface area contributed by atoms with E-state index in [1.54, 1.807) is 0 Å². The molecule has 0 spiro atoms. The van der Waals surface area contributed by atoms with E-state index < -0.39 is 16.9 Å². The topological polar surface area (TPSA) is 37.3 Å². The zero-order chi connectivity index (χ0) is 13.3. The number of phenolic OH excluding ortho intramolecular Hbond substituents is 1. The summed E-state index contributed by atoms with van der Waals surface area (Å²) in [6.07, 6.45) is 0. The number of hydrogen-bond acceptors (Lipinski definition) is 2. The van der Waals surface area contributed by atoms with Crippen molar-refractivity contribution in [3.63, 3.8) is 0 Å². The molecule has 0 bridgehead atoms. The first-order valence-corrected chi connectivity index (χ1v) is 5.35. The van der Waals surface area contributed by atoms with Crippen LogP contribution in [0.2, 0.25) is 0 Å². The van der Waals surface area contributed by atoms with Gasteiger partial charge in [0.15, 0.2) is 11.6 Å². The van der Waals surface area contributed by atoms with E-state index in [-0.39, 0.29) is 22.4 Å². The third-order valence-electron chi connectivity index (χ3n) is 2.47. The number of benzene rings is 2. The molecular formula is C13H7ClF2O2. The normalized spacial score (nSPS) is 10.4. The highest BCUT2D eigenvalue weighted by Crippen LogP contribution is 2.29. The fourth-order valence-electron chi connectivity index (χ4n) is 1.59. The minimum Gasteiger partial charge on any atom is -0.507 e. The van der Waals surface area contributed by atoms with Crippen LogP contribution in [-0.2, 0) is 0 Å². The Hall–Kier alpha value is -1.94. The fraction of sp³-hybridized carbons (Fsp3) is 0. The van der Waals surface area contributed by atoms with Gasteiger partial charge in [-0.15, -0.1) is 0 Å². The van der Waals surface area contributed by atoms with Gasteiger partial charge in [-0.1, -0.05) is 18.2 Å². The number of carbonyl (C=O) groups excluding carboxylic acids is 1. The highest BCUT2D eigenvalue weighted by molar-refractivity contribution is 6.68. The smallest absolute Gasteiger partial charge is 0.256 e. The van der Waals surface area contributed by atoms with Crippen LogP contribution < -0.4 is 0 Å². The average molecular weight is 269 g/mol. The van der Waals surface area contributed by atoms with E-state index >= 15 is 0 Å². The molecular weight excluding hydrogens is 262 g/mol. The lowest BCUT2D eigenvalue weighted by Gasteiger charge is -2.06. The first-order valence-electron chi connectivity index (χ1n) is 4.98. The number of carbonyl (C=O) groups is 1. The molecule has 2 aromatic rings. The summed E-state index contributed by atoms with van der Waals surface area (Å²) >= 11 is 5.23. The molecule has 0 saturated carbocycles. The van der Waals surface area contributed by atoms with Gasteiger partial charge in [0.1, 0.15) is 5.75 Å². The van der Waals surface area contributed by atoms with E-state index in [0.29, 0.717) is 0 Å². The maximum Gasteiger partial charge on any atom is 0.256 e. The molecule has 2 nitrogen and oxygen atoms in total. The molecule has 5 heteroatoms. The first-order chi connectivity index (χ1) is 8.50. The molecule has 18 heavy (non-hydrogen) atoms. The fourth-order valence-corrected chi connectivity index (χ4v) is 1.75. The van der Waals surface area contributed by atoms with Crippen LogP contribution in [0.3, 0.4) is 0 Å². The summed E-state index contributed by atoms with van der Waals surface area (Å²) in [4.78, 5) is 10.9. The SMILES string of the molecule is O=C(Cl)c1ccc(-c2cccc(F)c2F)cc1O. The molecule has 0 aliphatic rings. The van der Waals surface area contributed by atoms with Crippen LogP contribution in [0, 0.1) is 11.6 Å². The maximum absolute atomic E-state index is 13.5. The van der Waals surface area contributed by atoms with Crippen LogP contribution in [-0.4, -0.2) is 10.3 Å². The molecule has 0 aromatic heterocycles. The summed E-state index contributed by atoms with van der Waals surface area (Å²) < 4.78 is 26.6. The number of aromatic hydroxyl groups is 1. The number of phenols is 1. The highest BCUT2D eigenvalue weighted by atomic mass is 35.5. The van der Waals surface area contributed by atoms with Crippen molar-refractivity contribution in [2.45, 2.75) is 0 Å². The standard InChI is InChI=1S/C13H7ClF2O2/c14-13(18)9-5-4-7(6-11(9)17)8-2-1-3-10(15)12(8)16/h1-6,17H. The van der Waals surface area contributed by atoms with Gasteiger partial charge in [0, 0.05) is 5.56 Å². The molecule has 2 rings (SSSR count). The van der Waals surface area contributed by atoms with Crippen molar-refractivity contribution in [2.75, 3.05) is 0 Å². The van der Waals surface area contributed by atoms with Gasteiger partial charge in [0.05, 0.1) is 5.56 Å². The van der Waals surface area contributed by atoms with E-state index in [0.717, 1.165) is 12.1 Å². The predicted molar refractivity (Wildman–Crippen MR) is 63.6 cm³/mol. The van der Waals surface area contributed by atoms with Crippen LogP contribution in [0.25, 0.3) is 11.1 Å². The van der Waals surface area contributed by atoms with E-state index in [1.807, 2.05) is 0 Å². The highest BCUT2D eigenvalue weighted by Gasteiger charge is 2.13. The van der Waals surface area contributed by atoms with Crippen molar-refractivity contribution < 1.29 is 18.7 Å². The van der Waals surface area contributed by atoms with Crippen molar-refractivity contribution in [1.82, 2.24) is 0 Å². The van der Waals surface area contributed by atoms with Gasteiger partial charge in [-0.3, -0.25) is 4.79 Å². The summed E-state index contributed by atoms with van der Waals surface area (Å²) in [6, 6.07) is 7.52.